The Balaban J connectivity index is 1.57. The summed E-state index contributed by atoms with van der Waals surface area (Å²) in [5.41, 5.74) is 2.01. The number of halogens is 2. The zero-order chi connectivity index (χ0) is 18.4. The van der Waals surface area contributed by atoms with Crippen LogP contribution in [-0.2, 0) is 17.9 Å². The van der Waals surface area contributed by atoms with Gasteiger partial charge in [0.05, 0.1) is 13.2 Å². The van der Waals surface area contributed by atoms with E-state index in [9.17, 15) is 0 Å². The quantitative estimate of drug-likeness (QED) is 0.693. The van der Waals surface area contributed by atoms with E-state index >= 15 is 0 Å². The first-order valence-electron chi connectivity index (χ1n) is 8.71. The first-order chi connectivity index (χ1) is 12.7. The Morgan fingerprint density at radius 2 is 2.04 bits per heavy atom. The molecule has 0 bridgehead atoms. The molecule has 4 nitrogen and oxygen atoms in total. The molecular formula is C20H23Cl2NO3. The van der Waals surface area contributed by atoms with Gasteiger partial charge in [0.25, 0.3) is 0 Å². The molecule has 0 aliphatic carbocycles. The summed E-state index contributed by atoms with van der Waals surface area (Å²) in [5.74, 6) is 1.38. The third-order valence-corrected chi connectivity index (χ3v) is 4.94. The van der Waals surface area contributed by atoms with Gasteiger partial charge in [-0.2, -0.15) is 0 Å². The Labute approximate surface area is 164 Å². The fraction of sp³-hybridized carbons (Fsp3) is 0.400. The van der Waals surface area contributed by atoms with Gasteiger partial charge in [-0.1, -0.05) is 35.3 Å². The number of methoxy groups -OCH3 is 1. The van der Waals surface area contributed by atoms with Crippen molar-refractivity contribution in [3.8, 4) is 11.5 Å². The Morgan fingerprint density at radius 3 is 2.77 bits per heavy atom. The molecule has 0 saturated carbocycles. The molecule has 0 radical (unpaired) electrons. The lowest BCUT2D eigenvalue weighted by Gasteiger charge is -2.14. The summed E-state index contributed by atoms with van der Waals surface area (Å²) in [4.78, 5) is 0. The Morgan fingerprint density at radius 1 is 1.15 bits per heavy atom. The molecule has 1 heterocycles. The molecule has 1 N–H and O–H groups in total. The molecule has 1 aliphatic rings. The van der Waals surface area contributed by atoms with Crippen LogP contribution < -0.4 is 14.8 Å². The summed E-state index contributed by atoms with van der Waals surface area (Å²) in [6, 6.07) is 11.3. The lowest BCUT2D eigenvalue weighted by atomic mass is 10.2. The van der Waals surface area contributed by atoms with Crippen molar-refractivity contribution in [2.75, 3.05) is 20.3 Å². The topological polar surface area (TPSA) is 39.7 Å². The molecule has 2 aromatic rings. The van der Waals surface area contributed by atoms with Gasteiger partial charge in [-0.15, -0.1) is 0 Å². The van der Waals surface area contributed by atoms with Gasteiger partial charge in [-0.05, 0) is 42.7 Å². The van der Waals surface area contributed by atoms with Crippen LogP contribution in [0, 0.1) is 0 Å². The Hall–Kier alpha value is -1.46. The van der Waals surface area contributed by atoms with Gasteiger partial charge in [0.2, 0.25) is 0 Å². The fourth-order valence-electron chi connectivity index (χ4n) is 2.92. The van der Waals surface area contributed by atoms with Crippen LogP contribution in [0.25, 0.3) is 0 Å². The molecule has 1 atom stereocenters. The van der Waals surface area contributed by atoms with Gasteiger partial charge in [-0.25, -0.2) is 0 Å². The maximum atomic E-state index is 6.19. The Bertz CT molecular complexity index is 733. The smallest absolute Gasteiger partial charge is 0.161 e. The zero-order valence-electron chi connectivity index (χ0n) is 14.8. The summed E-state index contributed by atoms with van der Waals surface area (Å²) in [6.07, 6.45) is 2.63. The second-order valence-corrected chi connectivity index (χ2v) is 7.12. The maximum absolute atomic E-state index is 6.19. The molecule has 3 rings (SSSR count). The molecule has 26 heavy (non-hydrogen) atoms. The van der Waals surface area contributed by atoms with Crippen LogP contribution in [0.3, 0.4) is 0 Å². The summed E-state index contributed by atoms with van der Waals surface area (Å²) in [7, 11) is 1.64. The van der Waals surface area contributed by atoms with Crippen molar-refractivity contribution in [3.63, 3.8) is 0 Å². The van der Waals surface area contributed by atoms with Crippen LogP contribution in [0.15, 0.2) is 36.4 Å². The third-order valence-electron chi connectivity index (χ3n) is 4.35. The number of hydrogen-bond donors (Lipinski definition) is 1. The first kappa shape index (κ1) is 19.3. The van der Waals surface area contributed by atoms with Crippen LogP contribution in [0.1, 0.15) is 24.0 Å². The van der Waals surface area contributed by atoms with E-state index in [1.54, 1.807) is 19.2 Å². The van der Waals surface area contributed by atoms with E-state index in [4.69, 9.17) is 37.4 Å². The molecule has 2 aromatic carbocycles. The van der Waals surface area contributed by atoms with Gasteiger partial charge in [0.1, 0.15) is 6.61 Å². The average Bonchev–Trinajstić information content (AvgIpc) is 3.15. The van der Waals surface area contributed by atoms with Gasteiger partial charge in [0, 0.05) is 35.3 Å². The molecule has 140 valence electrons. The number of benzene rings is 2. The van der Waals surface area contributed by atoms with Crippen LogP contribution >= 0.6 is 23.2 Å². The Kier molecular flexibility index (Phi) is 7.03. The van der Waals surface area contributed by atoms with Crippen molar-refractivity contribution >= 4 is 23.2 Å². The minimum absolute atomic E-state index is 0.337. The largest absolute Gasteiger partial charge is 0.493 e. The van der Waals surface area contributed by atoms with Gasteiger partial charge in [0.15, 0.2) is 11.5 Å². The highest BCUT2D eigenvalue weighted by Crippen LogP contribution is 2.30. The zero-order valence-corrected chi connectivity index (χ0v) is 16.3. The van der Waals surface area contributed by atoms with Gasteiger partial charge < -0.3 is 19.5 Å². The maximum Gasteiger partial charge on any atom is 0.161 e. The molecule has 0 spiro atoms. The molecule has 0 aromatic heterocycles. The molecule has 1 fully saturated rings. The van der Waals surface area contributed by atoms with Gasteiger partial charge in [-0.3, -0.25) is 0 Å². The molecule has 0 amide bonds. The van der Waals surface area contributed by atoms with Crippen molar-refractivity contribution in [2.45, 2.75) is 32.1 Å². The lowest BCUT2D eigenvalue weighted by molar-refractivity contribution is 0.110. The van der Waals surface area contributed by atoms with Crippen molar-refractivity contribution in [3.05, 3.63) is 57.6 Å². The second-order valence-electron chi connectivity index (χ2n) is 6.28. The summed E-state index contributed by atoms with van der Waals surface area (Å²) in [5, 5.41) is 4.63. The van der Waals surface area contributed by atoms with E-state index in [2.05, 4.69) is 5.32 Å². The van der Waals surface area contributed by atoms with E-state index < -0.39 is 0 Å². The molecule has 1 aliphatic heterocycles. The summed E-state index contributed by atoms with van der Waals surface area (Å²) < 4.78 is 17.0. The highest BCUT2D eigenvalue weighted by atomic mass is 35.5. The first-order valence-corrected chi connectivity index (χ1v) is 9.47. The van der Waals surface area contributed by atoms with Crippen molar-refractivity contribution in [1.82, 2.24) is 5.32 Å². The highest BCUT2D eigenvalue weighted by molar-refractivity contribution is 6.35. The molecule has 1 unspecified atom stereocenters. The van der Waals surface area contributed by atoms with E-state index in [0.717, 1.165) is 43.7 Å². The third kappa shape index (κ3) is 5.27. The number of rotatable bonds is 8. The summed E-state index contributed by atoms with van der Waals surface area (Å²) in [6.45, 7) is 2.86. The monoisotopic (exact) mass is 395 g/mol. The number of nitrogens with one attached hydrogen (secondary N) is 1. The van der Waals surface area contributed by atoms with Crippen molar-refractivity contribution in [1.29, 1.82) is 0 Å². The highest BCUT2D eigenvalue weighted by Gasteiger charge is 2.14. The van der Waals surface area contributed by atoms with Gasteiger partial charge >= 0.3 is 0 Å². The normalized spacial score (nSPS) is 16.7. The summed E-state index contributed by atoms with van der Waals surface area (Å²) >= 11 is 12.1. The van der Waals surface area contributed by atoms with Crippen LogP contribution in [0.2, 0.25) is 10.0 Å². The van der Waals surface area contributed by atoms with Crippen molar-refractivity contribution < 1.29 is 14.2 Å². The minimum Gasteiger partial charge on any atom is -0.493 e. The number of ether oxygens (including phenoxy) is 3. The van der Waals surface area contributed by atoms with E-state index in [1.165, 1.54) is 0 Å². The lowest BCUT2D eigenvalue weighted by Crippen LogP contribution is -2.25. The predicted octanol–water partition coefficient (Wildman–Crippen LogP) is 4.85. The average molecular weight is 396 g/mol. The van der Waals surface area contributed by atoms with Crippen LogP contribution in [-0.4, -0.2) is 26.4 Å². The van der Waals surface area contributed by atoms with E-state index in [1.807, 2.05) is 24.3 Å². The van der Waals surface area contributed by atoms with Crippen LogP contribution in [0.4, 0.5) is 0 Å². The van der Waals surface area contributed by atoms with E-state index in [0.29, 0.717) is 34.3 Å². The van der Waals surface area contributed by atoms with E-state index in [-0.39, 0.29) is 0 Å². The standard InChI is InChI=1S/C20H23Cl2NO3/c1-24-20-9-14(11-23-12-17-3-2-8-25-17)4-7-19(20)26-13-15-5-6-16(21)10-18(15)22/h4-7,9-10,17,23H,2-3,8,11-13H2,1H3. The van der Waals surface area contributed by atoms with Crippen LogP contribution in [0.5, 0.6) is 11.5 Å². The molecule has 6 heteroatoms. The number of hydrogen-bond acceptors (Lipinski definition) is 4. The predicted molar refractivity (Wildman–Crippen MR) is 104 cm³/mol. The fourth-order valence-corrected chi connectivity index (χ4v) is 3.38. The SMILES string of the molecule is COc1cc(CNCC2CCCO2)ccc1OCc1ccc(Cl)cc1Cl. The molecular weight excluding hydrogens is 373 g/mol. The minimum atomic E-state index is 0.337. The molecule has 1 saturated heterocycles. The van der Waals surface area contributed by atoms with Crippen molar-refractivity contribution in [2.24, 2.45) is 0 Å². The second kappa shape index (κ2) is 9.47.